The van der Waals surface area contributed by atoms with E-state index in [9.17, 15) is 13.9 Å². The first kappa shape index (κ1) is 18.1. The molecule has 1 aliphatic heterocycles. The Labute approximate surface area is 159 Å². The normalized spacial score (nSPS) is 20.9. The standard InChI is InChI=1S/C21H24N2O3S/c22-21(24)18-12-16(14-5-2-1-3-6-14)11-17-19(13-23-20(17)18)15-7-4-9-27(25,26)10-8-15/h1-3,5-6,11-13,15,23,25-26H,4,7-10H2,(H2,22,24). The van der Waals surface area contributed by atoms with Gasteiger partial charge in [0.25, 0.3) is 5.91 Å². The van der Waals surface area contributed by atoms with Gasteiger partial charge in [0.2, 0.25) is 0 Å². The van der Waals surface area contributed by atoms with Crippen LogP contribution in [0.1, 0.15) is 41.1 Å². The molecule has 0 bridgehead atoms. The van der Waals surface area contributed by atoms with Gasteiger partial charge in [-0.05, 0) is 54.0 Å². The van der Waals surface area contributed by atoms with Crippen molar-refractivity contribution in [3.05, 3.63) is 59.8 Å². The third-order valence-electron chi connectivity index (χ3n) is 5.45. The Kier molecular flexibility index (Phi) is 4.72. The minimum absolute atomic E-state index is 0.235. The van der Waals surface area contributed by atoms with Crippen LogP contribution in [0.3, 0.4) is 0 Å². The van der Waals surface area contributed by atoms with Gasteiger partial charge in [0, 0.05) is 23.1 Å². The van der Waals surface area contributed by atoms with Crippen molar-refractivity contribution in [3.63, 3.8) is 0 Å². The summed E-state index contributed by atoms with van der Waals surface area (Å²) in [6, 6.07) is 13.9. The molecule has 0 saturated carbocycles. The van der Waals surface area contributed by atoms with Gasteiger partial charge in [0.1, 0.15) is 0 Å². The van der Waals surface area contributed by atoms with E-state index in [0.717, 1.165) is 46.9 Å². The number of carbonyl (C=O) groups is 1. The molecule has 1 aromatic heterocycles. The Morgan fingerprint density at radius 2 is 1.85 bits per heavy atom. The Hall–Kier alpha value is -2.28. The first-order valence-corrected chi connectivity index (χ1v) is 11.1. The van der Waals surface area contributed by atoms with E-state index in [-0.39, 0.29) is 5.92 Å². The molecule has 2 heterocycles. The lowest BCUT2D eigenvalue weighted by Crippen LogP contribution is -2.11. The van der Waals surface area contributed by atoms with Crippen molar-refractivity contribution in [2.24, 2.45) is 5.73 Å². The molecule has 1 fully saturated rings. The van der Waals surface area contributed by atoms with E-state index >= 15 is 0 Å². The van der Waals surface area contributed by atoms with Crippen LogP contribution in [0.15, 0.2) is 48.7 Å². The molecule has 5 N–H and O–H groups in total. The number of amides is 1. The van der Waals surface area contributed by atoms with Crippen LogP contribution in [0.5, 0.6) is 0 Å². The number of nitrogens with one attached hydrogen (secondary N) is 1. The van der Waals surface area contributed by atoms with Gasteiger partial charge in [-0.3, -0.25) is 13.9 Å². The molecule has 0 aliphatic carbocycles. The molecule has 4 rings (SSSR count). The summed E-state index contributed by atoms with van der Waals surface area (Å²) in [5, 5.41) is 0.994. The van der Waals surface area contributed by atoms with Crippen molar-refractivity contribution < 1.29 is 13.9 Å². The first-order valence-electron chi connectivity index (χ1n) is 9.18. The molecular weight excluding hydrogens is 360 g/mol. The number of aromatic nitrogens is 1. The summed E-state index contributed by atoms with van der Waals surface area (Å²) in [5.74, 6) is 0.694. The highest BCUT2D eigenvalue weighted by atomic mass is 32.3. The van der Waals surface area contributed by atoms with Crippen LogP contribution in [-0.4, -0.2) is 31.5 Å². The molecule has 0 radical (unpaired) electrons. The lowest BCUT2D eigenvalue weighted by molar-refractivity contribution is 0.100. The highest BCUT2D eigenvalue weighted by Crippen LogP contribution is 2.47. The van der Waals surface area contributed by atoms with Crippen molar-refractivity contribution in [2.75, 3.05) is 11.5 Å². The summed E-state index contributed by atoms with van der Waals surface area (Å²) in [6.45, 7) is 0. The van der Waals surface area contributed by atoms with Crippen molar-refractivity contribution in [3.8, 4) is 11.1 Å². The molecule has 0 spiro atoms. The van der Waals surface area contributed by atoms with Crippen LogP contribution in [0, 0.1) is 0 Å². The second kappa shape index (κ2) is 7.03. The maximum Gasteiger partial charge on any atom is 0.250 e. The van der Waals surface area contributed by atoms with E-state index in [1.807, 2.05) is 42.6 Å². The first-order chi connectivity index (χ1) is 12.9. The number of benzene rings is 2. The smallest absolute Gasteiger partial charge is 0.250 e. The fourth-order valence-corrected chi connectivity index (χ4v) is 5.53. The van der Waals surface area contributed by atoms with Crippen molar-refractivity contribution in [1.82, 2.24) is 4.98 Å². The van der Waals surface area contributed by atoms with E-state index < -0.39 is 16.5 Å². The van der Waals surface area contributed by atoms with Gasteiger partial charge < -0.3 is 10.7 Å². The quantitative estimate of drug-likeness (QED) is 0.514. The minimum atomic E-state index is -2.45. The summed E-state index contributed by atoms with van der Waals surface area (Å²) in [4.78, 5) is 15.3. The Bertz CT molecular complexity index is 982. The number of hydrogen-bond donors (Lipinski definition) is 4. The van der Waals surface area contributed by atoms with Gasteiger partial charge >= 0.3 is 0 Å². The van der Waals surface area contributed by atoms with E-state index in [2.05, 4.69) is 11.1 Å². The lowest BCUT2D eigenvalue weighted by Gasteiger charge is -2.30. The fourth-order valence-electron chi connectivity index (χ4n) is 4.03. The zero-order valence-electron chi connectivity index (χ0n) is 15.0. The molecule has 2 aromatic carbocycles. The summed E-state index contributed by atoms with van der Waals surface area (Å²) in [6.07, 6.45) is 4.38. The largest absolute Gasteiger partial charge is 0.366 e. The van der Waals surface area contributed by atoms with Crippen molar-refractivity contribution in [1.29, 1.82) is 0 Å². The Morgan fingerprint density at radius 1 is 1.07 bits per heavy atom. The van der Waals surface area contributed by atoms with Crippen LogP contribution in [0.4, 0.5) is 0 Å². The Balaban J connectivity index is 1.83. The highest BCUT2D eigenvalue weighted by molar-refractivity contribution is 8.24. The van der Waals surface area contributed by atoms with E-state index in [1.54, 1.807) is 0 Å². The average Bonchev–Trinajstić information content (AvgIpc) is 2.99. The molecule has 142 valence electrons. The molecule has 6 heteroatoms. The number of fused-ring (bicyclic) bond motifs is 1. The van der Waals surface area contributed by atoms with Crippen molar-refractivity contribution in [2.45, 2.75) is 25.2 Å². The van der Waals surface area contributed by atoms with Gasteiger partial charge in [-0.1, -0.05) is 30.3 Å². The predicted molar refractivity (Wildman–Crippen MR) is 111 cm³/mol. The summed E-state index contributed by atoms with van der Waals surface area (Å²) in [7, 11) is -2.45. The van der Waals surface area contributed by atoms with Crippen LogP contribution in [-0.2, 0) is 0 Å². The average molecular weight is 385 g/mol. The van der Waals surface area contributed by atoms with Gasteiger partial charge in [-0.25, -0.2) is 0 Å². The molecule has 1 unspecified atom stereocenters. The number of hydrogen-bond acceptors (Lipinski definition) is 3. The number of nitrogens with two attached hydrogens (primary N) is 1. The minimum Gasteiger partial charge on any atom is -0.366 e. The summed E-state index contributed by atoms with van der Waals surface area (Å²) >= 11 is 0. The van der Waals surface area contributed by atoms with Crippen LogP contribution in [0.2, 0.25) is 0 Å². The third-order valence-corrected chi connectivity index (χ3v) is 7.28. The van der Waals surface area contributed by atoms with E-state index in [1.165, 1.54) is 0 Å². The zero-order valence-corrected chi connectivity index (χ0v) is 15.8. The number of rotatable bonds is 3. The van der Waals surface area contributed by atoms with Gasteiger partial charge in [0.15, 0.2) is 0 Å². The molecule has 3 aromatic rings. The van der Waals surface area contributed by atoms with Crippen LogP contribution >= 0.6 is 10.6 Å². The SMILES string of the molecule is NC(=O)c1cc(-c2ccccc2)cc2c(C3CCCS(O)(O)CC3)c[nH]c12. The van der Waals surface area contributed by atoms with Crippen molar-refractivity contribution >= 4 is 27.4 Å². The summed E-state index contributed by atoms with van der Waals surface area (Å²) < 4.78 is 20.1. The monoisotopic (exact) mass is 384 g/mol. The zero-order chi connectivity index (χ0) is 19.0. The van der Waals surface area contributed by atoms with E-state index in [4.69, 9.17) is 5.73 Å². The second-order valence-corrected chi connectivity index (χ2v) is 9.68. The molecule has 1 saturated heterocycles. The highest BCUT2D eigenvalue weighted by Gasteiger charge is 2.25. The van der Waals surface area contributed by atoms with Gasteiger partial charge in [-0.2, -0.15) is 10.6 Å². The second-order valence-electron chi connectivity index (χ2n) is 7.26. The molecule has 27 heavy (non-hydrogen) atoms. The molecule has 1 aliphatic rings. The maximum absolute atomic E-state index is 12.1. The van der Waals surface area contributed by atoms with Crippen LogP contribution in [0.25, 0.3) is 22.0 Å². The lowest BCUT2D eigenvalue weighted by atomic mass is 9.90. The predicted octanol–water partition coefficient (Wildman–Crippen LogP) is 4.95. The fraction of sp³-hybridized carbons (Fsp3) is 0.286. The van der Waals surface area contributed by atoms with Gasteiger partial charge in [0.05, 0.1) is 11.1 Å². The summed E-state index contributed by atoms with van der Waals surface area (Å²) in [5.41, 5.74) is 10.0. The van der Waals surface area contributed by atoms with Crippen LogP contribution < -0.4 is 5.73 Å². The molecule has 5 nitrogen and oxygen atoms in total. The maximum atomic E-state index is 12.1. The number of carbonyl (C=O) groups excluding carboxylic acids is 1. The molecule has 1 atom stereocenters. The van der Waals surface area contributed by atoms with Gasteiger partial charge in [-0.15, -0.1) is 0 Å². The number of primary amides is 1. The topological polar surface area (TPSA) is 99.3 Å². The number of H-pyrrole nitrogens is 1. The third kappa shape index (κ3) is 3.60. The number of aromatic amines is 1. The molecule has 1 amide bonds. The Morgan fingerprint density at radius 3 is 2.59 bits per heavy atom. The molecular formula is C21H24N2O3S. The van der Waals surface area contributed by atoms with E-state index in [0.29, 0.717) is 17.1 Å².